The quantitative estimate of drug-likeness (QED) is 0.622. The van der Waals surface area contributed by atoms with E-state index in [0.717, 1.165) is 29.9 Å². The summed E-state index contributed by atoms with van der Waals surface area (Å²) in [6, 6.07) is 13.5. The molecule has 0 aliphatic rings. The number of nitrogens with two attached hydrogens (primary N) is 1. The van der Waals surface area contributed by atoms with Crippen LogP contribution in [0.4, 0.5) is 17.1 Å². The second kappa shape index (κ2) is 8.20. The van der Waals surface area contributed by atoms with E-state index in [4.69, 9.17) is 5.73 Å². The van der Waals surface area contributed by atoms with Crippen LogP contribution in [0.2, 0.25) is 0 Å². The first-order valence-corrected chi connectivity index (χ1v) is 8.23. The second-order valence-electron chi connectivity index (χ2n) is 5.66. The summed E-state index contributed by atoms with van der Waals surface area (Å²) in [6.07, 6.45) is 3.30. The molecule has 0 bridgehead atoms. The summed E-state index contributed by atoms with van der Waals surface area (Å²) in [7, 11) is 0. The zero-order chi connectivity index (χ0) is 17.5. The first-order chi connectivity index (χ1) is 11.5. The van der Waals surface area contributed by atoms with Crippen LogP contribution in [0.3, 0.4) is 0 Å². The normalized spacial score (nSPS) is 10.8. The molecule has 0 spiro atoms. The zero-order valence-corrected chi connectivity index (χ0v) is 14.5. The van der Waals surface area contributed by atoms with E-state index < -0.39 is 0 Å². The third kappa shape index (κ3) is 4.62. The third-order valence-electron chi connectivity index (χ3n) is 3.96. The lowest BCUT2D eigenvalue weighted by Crippen LogP contribution is -2.22. The third-order valence-corrected chi connectivity index (χ3v) is 3.96. The molecule has 2 aromatic rings. The van der Waals surface area contributed by atoms with Gasteiger partial charge < -0.3 is 16.0 Å². The Hall–Kier alpha value is -2.75. The van der Waals surface area contributed by atoms with Crippen molar-refractivity contribution in [1.29, 1.82) is 0 Å². The number of anilines is 3. The van der Waals surface area contributed by atoms with Gasteiger partial charge in [0.05, 0.1) is 0 Å². The number of nitrogen functional groups attached to an aromatic ring is 1. The average Bonchev–Trinajstić information content (AvgIpc) is 2.58. The largest absolute Gasteiger partial charge is 0.399 e. The highest BCUT2D eigenvalue weighted by Gasteiger charge is 2.06. The highest BCUT2D eigenvalue weighted by atomic mass is 16.1. The summed E-state index contributed by atoms with van der Waals surface area (Å²) in [5.74, 6) is -0.148. The Morgan fingerprint density at radius 1 is 1.12 bits per heavy atom. The molecule has 0 radical (unpaired) electrons. The first kappa shape index (κ1) is 17.6. The Kier molecular flexibility index (Phi) is 6.01. The van der Waals surface area contributed by atoms with Crippen molar-refractivity contribution in [1.82, 2.24) is 0 Å². The number of nitrogens with one attached hydrogen (secondary N) is 1. The fourth-order valence-electron chi connectivity index (χ4n) is 2.53. The maximum absolute atomic E-state index is 12.1. The Balaban J connectivity index is 2.04. The number of amides is 1. The van der Waals surface area contributed by atoms with Crippen LogP contribution in [0.5, 0.6) is 0 Å². The first-order valence-electron chi connectivity index (χ1n) is 8.23. The van der Waals surface area contributed by atoms with Gasteiger partial charge in [0.2, 0.25) is 5.91 Å². The molecule has 2 aromatic carbocycles. The number of hydrogen-bond donors (Lipinski definition) is 2. The molecule has 126 valence electrons. The van der Waals surface area contributed by atoms with Crippen molar-refractivity contribution in [3.05, 3.63) is 59.7 Å². The molecule has 0 aliphatic heterocycles. The number of hydrogen-bond acceptors (Lipinski definition) is 3. The van der Waals surface area contributed by atoms with E-state index in [1.165, 1.54) is 11.8 Å². The van der Waals surface area contributed by atoms with Crippen molar-refractivity contribution >= 4 is 29.0 Å². The van der Waals surface area contributed by atoms with Crippen LogP contribution >= 0.6 is 0 Å². The molecule has 4 nitrogen and oxygen atoms in total. The van der Waals surface area contributed by atoms with Crippen LogP contribution in [0.25, 0.3) is 6.08 Å². The van der Waals surface area contributed by atoms with Gasteiger partial charge in [0.25, 0.3) is 0 Å². The lowest BCUT2D eigenvalue weighted by molar-refractivity contribution is -0.111. The minimum Gasteiger partial charge on any atom is -0.399 e. The van der Waals surface area contributed by atoms with Gasteiger partial charge in [0.15, 0.2) is 0 Å². The summed E-state index contributed by atoms with van der Waals surface area (Å²) in [5, 5.41) is 2.93. The zero-order valence-electron chi connectivity index (χ0n) is 14.5. The molecule has 0 saturated heterocycles. The molecule has 2 rings (SSSR count). The van der Waals surface area contributed by atoms with Crippen LogP contribution in [-0.2, 0) is 4.79 Å². The SMILES string of the molecule is CCN(CC)c1ccc(NC(=O)/C=C/c2ccc(N)cc2)c(C)c1. The molecule has 0 fully saturated rings. The van der Waals surface area contributed by atoms with E-state index in [1.54, 1.807) is 6.08 Å². The highest BCUT2D eigenvalue weighted by molar-refractivity contribution is 6.02. The Morgan fingerprint density at radius 3 is 2.38 bits per heavy atom. The lowest BCUT2D eigenvalue weighted by atomic mass is 10.1. The molecular weight excluding hydrogens is 298 g/mol. The highest BCUT2D eigenvalue weighted by Crippen LogP contribution is 2.22. The van der Waals surface area contributed by atoms with Gasteiger partial charge >= 0.3 is 0 Å². The van der Waals surface area contributed by atoms with Crippen molar-refractivity contribution in [3.8, 4) is 0 Å². The van der Waals surface area contributed by atoms with Gasteiger partial charge in [-0.15, -0.1) is 0 Å². The Bertz CT molecular complexity index is 716. The monoisotopic (exact) mass is 323 g/mol. The van der Waals surface area contributed by atoms with Crippen LogP contribution in [-0.4, -0.2) is 19.0 Å². The minimum atomic E-state index is -0.148. The Labute approximate surface area is 144 Å². The van der Waals surface area contributed by atoms with Crippen molar-refractivity contribution in [3.63, 3.8) is 0 Å². The van der Waals surface area contributed by atoms with E-state index >= 15 is 0 Å². The van der Waals surface area contributed by atoms with E-state index in [2.05, 4.69) is 30.1 Å². The van der Waals surface area contributed by atoms with Crippen molar-refractivity contribution < 1.29 is 4.79 Å². The van der Waals surface area contributed by atoms with Gasteiger partial charge in [-0.25, -0.2) is 0 Å². The number of nitrogens with zero attached hydrogens (tertiary/aromatic N) is 1. The number of carbonyl (C=O) groups is 1. The summed E-state index contributed by atoms with van der Waals surface area (Å²) >= 11 is 0. The van der Waals surface area contributed by atoms with Gasteiger partial charge in [-0.2, -0.15) is 0 Å². The second-order valence-corrected chi connectivity index (χ2v) is 5.66. The molecular formula is C20H25N3O. The van der Waals surface area contributed by atoms with E-state index in [9.17, 15) is 4.79 Å². The predicted octanol–water partition coefficient (Wildman–Crippen LogP) is 4.08. The molecule has 1 amide bonds. The lowest BCUT2D eigenvalue weighted by Gasteiger charge is -2.22. The molecule has 24 heavy (non-hydrogen) atoms. The molecule has 0 heterocycles. The molecule has 0 aliphatic carbocycles. The van der Waals surface area contributed by atoms with E-state index in [0.29, 0.717) is 5.69 Å². The number of carbonyl (C=O) groups excluding carboxylic acids is 1. The van der Waals surface area contributed by atoms with Gasteiger partial charge in [0, 0.05) is 36.2 Å². The Morgan fingerprint density at radius 2 is 1.79 bits per heavy atom. The molecule has 4 heteroatoms. The fourth-order valence-corrected chi connectivity index (χ4v) is 2.53. The molecule has 0 unspecified atom stereocenters. The molecule has 0 aromatic heterocycles. The predicted molar refractivity (Wildman–Crippen MR) is 103 cm³/mol. The summed E-state index contributed by atoms with van der Waals surface area (Å²) < 4.78 is 0. The minimum absolute atomic E-state index is 0.148. The van der Waals surface area contributed by atoms with Gasteiger partial charge in [-0.3, -0.25) is 4.79 Å². The molecule has 0 atom stereocenters. The van der Waals surface area contributed by atoms with Crippen molar-refractivity contribution in [2.75, 3.05) is 29.0 Å². The topological polar surface area (TPSA) is 58.4 Å². The van der Waals surface area contributed by atoms with Crippen LogP contribution in [0, 0.1) is 6.92 Å². The van der Waals surface area contributed by atoms with Crippen molar-refractivity contribution in [2.24, 2.45) is 0 Å². The van der Waals surface area contributed by atoms with E-state index in [1.807, 2.05) is 43.3 Å². The standard InChI is InChI=1S/C20H25N3O/c1-4-23(5-2)18-11-12-19(15(3)14-18)22-20(24)13-8-16-6-9-17(21)10-7-16/h6-14H,4-5,21H2,1-3H3,(H,22,24)/b13-8+. The summed E-state index contributed by atoms with van der Waals surface area (Å²) in [4.78, 5) is 14.4. The average molecular weight is 323 g/mol. The number of rotatable bonds is 6. The van der Waals surface area contributed by atoms with Crippen molar-refractivity contribution in [2.45, 2.75) is 20.8 Å². The van der Waals surface area contributed by atoms with Crippen LogP contribution in [0.15, 0.2) is 48.5 Å². The maximum Gasteiger partial charge on any atom is 0.248 e. The summed E-state index contributed by atoms with van der Waals surface area (Å²) in [6.45, 7) is 8.21. The smallest absolute Gasteiger partial charge is 0.248 e. The van der Waals surface area contributed by atoms with Gasteiger partial charge in [0.1, 0.15) is 0 Å². The number of aryl methyl sites for hydroxylation is 1. The van der Waals surface area contributed by atoms with Gasteiger partial charge in [-0.1, -0.05) is 12.1 Å². The van der Waals surface area contributed by atoms with Gasteiger partial charge in [-0.05, 0) is 68.3 Å². The number of benzene rings is 2. The molecule has 3 N–H and O–H groups in total. The van der Waals surface area contributed by atoms with Crippen LogP contribution in [0.1, 0.15) is 25.0 Å². The maximum atomic E-state index is 12.1. The fraction of sp³-hybridized carbons (Fsp3) is 0.250. The summed E-state index contributed by atoms with van der Waals surface area (Å²) in [5.41, 5.74) is 10.3. The molecule has 0 saturated carbocycles. The van der Waals surface area contributed by atoms with Crippen LogP contribution < -0.4 is 16.0 Å². The van der Waals surface area contributed by atoms with E-state index in [-0.39, 0.29) is 5.91 Å².